The van der Waals surface area contributed by atoms with Crippen LogP contribution >= 0.6 is 0 Å². The van der Waals surface area contributed by atoms with E-state index in [4.69, 9.17) is 4.74 Å². The van der Waals surface area contributed by atoms with Crippen molar-refractivity contribution >= 4 is 5.82 Å². The van der Waals surface area contributed by atoms with Crippen molar-refractivity contribution in [3.05, 3.63) is 18.3 Å². The number of nitrogens with one attached hydrogen (secondary N) is 1. The molecule has 0 saturated carbocycles. The van der Waals surface area contributed by atoms with Crippen LogP contribution in [0.3, 0.4) is 0 Å². The van der Waals surface area contributed by atoms with Crippen LogP contribution in [0.15, 0.2) is 18.3 Å². The number of ether oxygens (including phenoxy) is 1. The maximum absolute atomic E-state index is 12.0. The number of anilines is 1. The van der Waals surface area contributed by atoms with Crippen LogP contribution in [0, 0.1) is 0 Å². The van der Waals surface area contributed by atoms with Crippen molar-refractivity contribution in [1.82, 2.24) is 4.98 Å². The molecule has 0 radical (unpaired) electrons. The first-order chi connectivity index (χ1) is 7.09. The molecule has 1 rings (SSSR count). The molecule has 15 heavy (non-hydrogen) atoms. The normalized spacial score (nSPS) is 10.8. The molecule has 0 aliphatic heterocycles. The van der Waals surface area contributed by atoms with Gasteiger partial charge in [0.15, 0.2) is 11.6 Å². The lowest BCUT2D eigenvalue weighted by Gasteiger charge is -2.13. The average Bonchev–Trinajstić information content (AvgIpc) is 2.15. The molecular weight excluding hydrogens is 202 g/mol. The van der Waals surface area contributed by atoms with Gasteiger partial charge in [0.25, 0.3) is 6.43 Å². The Morgan fingerprint density at radius 3 is 2.80 bits per heavy atom. The predicted molar refractivity (Wildman–Crippen MR) is 54.5 cm³/mol. The van der Waals surface area contributed by atoms with Crippen molar-refractivity contribution in [3.8, 4) is 5.75 Å². The van der Waals surface area contributed by atoms with Crippen molar-refractivity contribution in [3.63, 3.8) is 0 Å². The fourth-order valence-electron chi connectivity index (χ4n) is 1.05. The quantitative estimate of drug-likeness (QED) is 0.821. The Labute approximate surface area is 87.5 Å². The van der Waals surface area contributed by atoms with Crippen molar-refractivity contribution in [2.75, 3.05) is 11.9 Å². The Morgan fingerprint density at radius 2 is 2.20 bits per heavy atom. The van der Waals surface area contributed by atoms with E-state index in [1.165, 1.54) is 6.20 Å². The maximum Gasteiger partial charge on any atom is 0.255 e. The summed E-state index contributed by atoms with van der Waals surface area (Å²) in [5.41, 5.74) is 0. The molecular formula is C10H14F2N2O. The van der Waals surface area contributed by atoms with E-state index in [9.17, 15) is 8.78 Å². The zero-order valence-corrected chi connectivity index (χ0v) is 8.71. The third-order valence-electron chi connectivity index (χ3n) is 1.56. The van der Waals surface area contributed by atoms with Gasteiger partial charge in [-0.3, -0.25) is 0 Å². The summed E-state index contributed by atoms with van der Waals surface area (Å²) in [4.78, 5) is 3.93. The van der Waals surface area contributed by atoms with Gasteiger partial charge in [-0.15, -0.1) is 0 Å². The molecule has 1 heterocycles. The Bertz CT molecular complexity index is 305. The molecule has 0 spiro atoms. The van der Waals surface area contributed by atoms with Crippen LogP contribution in [0.5, 0.6) is 5.75 Å². The molecule has 3 nitrogen and oxygen atoms in total. The molecule has 1 N–H and O–H groups in total. The molecule has 5 heteroatoms. The monoisotopic (exact) mass is 216 g/mol. The van der Waals surface area contributed by atoms with E-state index in [1.807, 2.05) is 13.8 Å². The minimum absolute atomic E-state index is 0.0127. The summed E-state index contributed by atoms with van der Waals surface area (Å²) in [6.45, 7) is 3.30. The molecule has 0 aromatic carbocycles. The summed E-state index contributed by atoms with van der Waals surface area (Å²) < 4.78 is 29.4. The van der Waals surface area contributed by atoms with Gasteiger partial charge in [0, 0.05) is 6.20 Å². The highest BCUT2D eigenvalue weighted by Crippen LogP contribution is 2.22. The number of pyridine rings is 1. The number of hydrogen-bond donors (Lipinski definition) is 1. The van der Waals surface area contributed by atoms with Crippen molar-refractivity contribution < 1.29 is 13.5 Å². The van der Waals surface area contributed by atoms with Gasteiger partial charge in [0.2, 0.25) is 0 Å². The molecule has 0 saturated heterocycles. The number of aromatic nitrogens is 1. The van der Waals surface area contributed by atoms with Crippen molar-refractivity contribution in [1.29, 1.82) is 0 Å². The van der Waals surface area contributed by atoms with E-state index in [0.717, 1.165) is 0 Å². The predicted octanol–water partition coefficient (Wildman–Crippen LogP) is 2.55. The van der Waals surface area contributed by atoms with Crippen LogP contribution in [-0.4, -0.2) is 24.1 Å². The Hall–Kier alpha value is -1.39. The Balaban J connectivity index is 2.68. The molecule has 0 fully saturated rings. The van der Waals surface area contributed by atoms with Gasteiger partial charge in [-0.25, -0.2) is 13.8 Å². The molecule has 0 unspecified atom stereocenters. The van der Waals surface area contributed by atoms with Gasteiger partial charge < -0.3 is 10.1 Å². The van der Waals surface area contributed by atoms with Crippen LogP contribution in [-0.2, 0) is 0 Å². The summed E-state index contributed by atoms with van der Waals surface area (Å²) >= 11 is 0. The van der Waals surface area contributed by atoms with Gasteiger partial charge in [-0.05, 0) is 26.0 Å². The first-order valence-electron chi connectivity index (χ1n) is 4.73. The molecule has 84 valence electrons. The Kier molecular flexibility index (Phi) is 4.27. The summed E-state index contributed by atoms with van der Waals surface area (Å²) in [5, 5.41) is 2.53. The number of alkyl halides is 2. The third-order valence-corrected chi connectivity index (χ3v) is 1.56. The lowest BCUT2D eigenvalue weighted by Crippen LogP contribution is -2.14. The topological polar surface area (TPSA) is 34.1 Å². The van der Waals surface area contributed by atoms with E-state index in [0.29, 0.717) is 11.6 Å². The lowest BCUT2D eigenvalue weighted by molar-refractivity contribution is 0.163. The van der Waals surface area contributed by atoms with Gasteiger partial charge in [-0.1, -0.05) is 0 Å². The number of halogens is 2. The molecule has 0 bridgehead atoms. The van der Waals surface area contributed by atoms with Crippen molar-refractivity contribution in [2.24, 2.45) is 0 Å². The zero-order valence-electron chi connectivity index (χ0n) is 8.71. The maximum atomic E-state index is 12.0. The smallest absolute Gasteiger partial charge is 0.255 e. The van der Waals surface area contributed by atoms with E-state index >= 15 is 0 Å². The molecule has 0 amide bonds. The first-order valence-corrected chi connectivity index (χ1v) is 4.73. The highest BCUT2D eigenvalue weighted by Gasteiger charge is 2.08. The summed E-state index contributed by atoms with van der Waals surface area (Å²) in [6.07, 6.45) is -0.888. The minimum atomic E-state index is -2.40. The van der Waals surface area contributed by atoms with Crippen LogP contribution in [0.25, 0.3) is 0 Å². The third kappa shape index (κ3) is 4.10. The van der Waals surface area contributed by atoms with E-state index in [-0.39, 0.29) is 6.10 Å². The summed E-state index contributed by atoms with van der Waals surface area (Å²) in [7, 11) is 0. The SMILES string of the molecule is CC(C)Oc1cccnc1NCC(F)F. The van der Waals surface area contributed by atoms with E-state index < -0.39 is 13.0 Å². The fraction of sp³-hybridized carbons (Fsp3) is 0.500. The zero-order chi connectivity index (χ0) is 11.3. The highest BCUT2D eigenvalue weighted by atomic mass is 19.3. The Morgan fingerprint density at radius 1 is 1.47 bits per heavy atom. The standard InChI is InChI=1S/C10H14F2N2O/c1-7(2)15-8-4-3-5-13-10(8)14-6-9(11)12/h3-5,7,9H,6H2,1-2H3,(H,13,14). The van der Waals surface area contributed by atoms with Gasteiger partial charge in [0.1, 0.15) is 0 Å². The second kappa shape index (κ2) is 5.48. The van der Waals surface area contributed by atoms with E-state index in [1.54, 1.807) is 12.1 Å². The van der Waals surface area contributed by atoms with Gasteiger partial charge in [0.05, 0.1) is 12.6 Å². The van der Waals surface area contributed by atoms with Crippen molar-refractivity contribution in [2.45, 2.75) is 26.4 Å². The highest BCUT2D eigenvalue weighted by molar-refractivity contribution is 5.49. The lowest BCUT2D eigenvalue weighted by atomic mass is 10.4. The van der Waals surface area contributed by atoms with Crippen LogP contribution in [0.4, 0.5) is 14.6 Å². The first kappa shape index (κ1) is 11.7. The summed E-state index contributed by atoms with van der Waals surface area (Å²) in [6, 6.07) is 3.39. The second-order valence-corrected chi connectivity index (χ2v) is 3.29. The molecule has 0 aliphatic carbocycles. The number of rotatable bonds is 5. The minimum Gasteiger partial charge on any atom is -0.487 e. The number of hydrogen-bond acceptors (Lipinski definition) is 3. The average molecular weight is 216 g/mol. The molecule has 1 aromatic heterocycles. The van der Waals surface area contributed by atoms with Crippen LogP contribution in [0.1, 0.15) is 13.8 Å². The number of nitrogens with zero attached hydrogens (tertiary/aromatic N) is 1. The summed E-state index contributed by atoms with van der Waals surface area (Å²) in [5.74, 6) is 0.847. The second-order valence-electron chi connectivity index (χ2n) is 3.29. The van der Waals surface area contributed by atoms with Crippen LogP contribution in [0.2, 0.25) is 0 Å². The van der Waals surface area contributed by atoms with Gasteiger partial charge >= 0.3 is 0 Å². The van der Waals surface area contributed by atoms with E-state index in [2.05, 4.69) is 10.3 Å². The molecule has 0 aliphatic rings. The largest absolute Gasteiger partial charge is 0.487 e. The van der Waals surface area contributed by atoms with Crippen LogP contribution < -0.4 is 10.1 Å². The fourth-order valence-corrected chi connectivity index (χ4v) is 1.05. The molecule has 0 atom stereocenters. The van der Waals surface area contributed by atoms with Gasteiger partial charge in [-0.2, -0.15) is 0 Å². The molecule has 1 aromatic rings.